The maximum Gasteiger partial charge on any atom is 0.254 e. The van der Waals surface area contributed by atoms with Crippen LogP contribution in [0.4, 0.5) is 0 Å². The molecule has 1 atom stereocenters. The van der Waals surface area contributed by atoms with Gasteiger partial charge < -0.3 is 14.9 Å². The Bertz CT molecular complexity index is 1030. The average molecular weight is 395 g/mol. The first-order valence-electron chi connectivity index (χ1n) is 9.84. The molecular weight excluding hydrogens is 370 g/mol. The number of amides is 1. The van der Waals surface area contributed by atoms with Crippen molar-refractivity contribution < 1.29 is 14.4 Å². The Balaban J connectivity index is 1.46. The second-order valence-corrected chi connectivity index (χ2v) is 8.08. The van der Waals surface area contributed by atoms with E-state index in [1.165, 1.54) is 11.8 Å². The fraction of sp³-hybridized carbons (Fsp3) is 0.429. The molecule has 8 nitrogen and oxygen atoms in total. The number of benzene rings is 1. The zero-order valence-corrected chi connectivity index (χ0v) is 16.8. The minimum atomic E-state index is -0.890. The van der Waals surface area contributed by atoms with Gasteiger partial charge >= 0.3 is 0 Å². The summed E-state index contributed by atoms with van der Waals surface area (Å²) in [5.41, 5.74) is 2.82. The predicted molar refractivity (Wildman–Crippen MR) is 106 cm³/mol. The Morgan fingerprint density at radius 2 is 2.24 bits per heavy atom. The third-order valence-electron chi connectivity index (χ3n) is 5.00. The number of aliphatic hydroxyl groups is 1. The lowest BCUT2D eigenvalue weighted by molar-refractivity contribution is 0.0576. The highest BCUT2D eigenvalue weighted by molar-refractivity contribution is 5.94. The molecule has 8 heteroatoms. The van der Waals surface area contributed by atoms with Crippen LogP contribution in [0.2, 0.25) is 0 Å². The number of hydrogen-bond donors (Lipinski definition) is 2. The van der Waals surface area contributed by atoms with Crippen LogP contribution >= 0.6 is 0 Å². The molecule has 1 unspecified atom stereocenters. The Hall–Kier alpha value is -3.00. The van der Waals surface area contributed by atoms with Crippen LogP contribution in [0, 0.1) is 0 Å². The molecule has 0 aliphatic heterocycles. The average Bonchev–Trinajstić information content (AvgIpc) is 3.39. The molecule has 0 fully saturated rings. The minimum absolute atomic E-state index is 0.0411. The molecule has 0 radical (unpaired) electrons. The van der Waals surface area contributed by atoms with Crippen molar-refractivity contribution in [1.29, 1.82) is 0 Å². The highest BCUT2D eigenvalue weighted by atomic mass is 16.5. The first-order chi connectivity index (χ1) is 13.8. The topological polar surface area (TPSA) is 106 Å². The summed E-state index contributed by atoms with van der Waals surface area (Å²) in [6.45, 7) is 5.71. The van der Waals surface area contributed by atoms with Gasteiger partial charge in [0.2, 0.25) is 11.7 Å². The van der Waals surface area contributed by atoms with Gasteiger partial charge in [-0.05, 0) is 43.9 Å². The molecule has 2 N–H and O–H groups in total. The molecule has 2 aromatic heterocycles. The molecule has 1 aliphatic carbocycles. The minimum Gasteiger partial charge on any atom is -0.389 e. The summed E-state index contributed by atoms with van der Waals surface area (Å²) in [5, 5.41) is 21.2. The molecule has 1 aromatic carbocycles. The Morgan fingerprint density at radius 1 is 1.41 bits per heavy atom. The van der Waals surface area contributed by atoms with E-state index in [1.807, 2.05) is 19.1 Å². The Morgan fingerprint density at radius 3 is 2.97 bits per heavy atom. The van der Waals surface area contributed by atoms with Crippen LogP contribution in [0.3, 0.4) is 0 Å². The summed E-state index contributed by atoms with van der Waals surface area (Å²) in [7, 11) is 0. The first kappa shape index (κ1) is 19.3. The number of aryl methyl sites for hydroxylation is 2. The van der Waals surface area contributed by atoms with Crippen molar-refractivity contribution in [2.75, 3.05) is 0 Å². The maximum absolute atomic E-state index is 12.7. The quantitative estimate of drug-likeness (QED) is 0.665. The molecule has 0 spiro atoms. The summed E-state index contributed by atoms with van der Waals surface area (Å²) in [4.78, 5) is 17.0. The monoisotopic (exact) mass is 395 g/mol. The molecular formula is C21H25N5O3. The second-order valence-electron chi connectivity index (χ2n) is 8.08. The Labute approximate surface area is 168 Å². The lowest BCUT2D eigenvalue weighted by Crippen LogP contribution is -2.27. The fourth-order valence-electron chi connectivity index (χ4n) is 3.63. The van der Waals surface area contributed by atoms with Gasteiger partial charge in [-0.25, -0.2) is 0 Å². The van der Waals surface area contributed by atoms with Crippen molar-refractivity contribution >= 4 is 5.91 Å². The van der Waals surface area contributed by atoms with Gasteiger partial charge in [0.15, 0.2) is 0 Å². The van der Waals surface area contributed by atoms with E-state index in [-0.39, 0.29) is 11.9 Å². The predicted octanol–water partition coefficient (Wildman–Crippen LogP) is 2.68. The van der Waals surface area contributed by atoms with Gasteiger partial charge in [-0.3, -0.25) is 9.48 Å². The number of hydrogen-bond acceptors (Lipinski definition) is 6. The van der Waals surface area contributed by atoms with E-state index < -0.39 is 5.60 Å². The summed E-state index contributed by atoms with van der Waals surface area (Å²) in [6, 6.07) is 6.03. The molecule has 0 saturated carbocycles. The van der Waals surface area contributed by atoms with Crippen molar-refractivity contribution in [2.45, 2.75) is 58.2 Å². The zero-order valence-electron chi connectivity index (χ0n) is 16.8. The number of nitrogens with zero attached hydrogens (tertiary/aromatic N) is 4. The molecule has 2 heterocycles. The highest BCUT2D eigenvalue weighted by Crippen LogP contribution is 2.34. The molecule has 1 aliphatic rings. The van der Waals surface area contributed by atoms with Gasteiger partial charge in [0.25, 0.3) is 5.91 Å². The van der Waals surface area contributed by atoms with E-state index in [9.17, 15) is 9.90 Å². The summed E-state index contributed by atoms with van der Waals surface area (Å²) in [5.74, 6) is 1.05. The smallest absolute Gasteiger partial charge is 0.254 e. The van der Waals surface area contributed by atoms with Crippen LogP contribution in [0.25, 0.3) is 11.4 Å². The maximum atomic E-state index is 12.7. The normalized spacial score (nSPS) is 16.1. The van der Waals surface area contributed by atoms with Gasteiger partial charge in [-0.2, -0.15) is 10.1 Å². The van der Waals surface area contributed by atoms with Crippen LogP contribution in [0.5, 0.6) is 0 Å². The lowest BCUT2D eigenvalue weighted by Gasteiger charge is -2.16. The molecule has 4 rings (SSSR count). The zero-order chi connectivity index (χ0) is 20.6. The van der Waals surface area contributed by atoms with E-state index in [0.29, 0.717) is 30.2 Å². The third kappa shape index (κ3) is 4.22. The van der Waals surface area contributed by atoms with Gasteiger partial charge in [-0.15, -0.1) is 0 Å². The number of carbonyl (C=O) groups excluding carboxylic acids is 1. The van der Waals surface area contributed by atoms with Gasteiger partial charge in [-0.1, -0.05) is 24.2 Å². The second kappa shape index (κ2) is 7.44. The lowest BCUT2D eigenvalue weighted by atomic mass is 10.0. The van der Waals surface area contributed by atoms with E-state index in [2.05, 4.69) is 26.6 Å². The highest BCUT2D eigenvalue weighted by Gasteiger charge is 2.26. The van der Waals surface area contributed by atoms with Crippen molar-refractivity contribution in [3.63, 3.8) is 0 Å². The standard InChI is InChI=1S/C21H25N5O3/c1-4-18-24-19(25-29-18)14-5-7-16-13(9-14)6-8-17(16)23-20(27)15-10-22-26(11-15)12-21(2,3)28/h5,7,9-11,17,28H,4,6,8,12H2,1-3H3,(H,23,27). The van der Waals surface area contributed by atoms with Gasteiger partial charge in [0.1, 0.15) is 0 Å². The van der Waals surface area contributed by atoms with E-state index in [4.69, 9.17) is 4.52 Å². The number of nitrogens with one attached hydrogen (secondary N) is 1. The number of rotatable bonds is 6. The number of aromatic nitrogens is 4. The third-order valence-corrected chi connectivity index (χ3v) is 5.00. The van der Waals surface area contributed by atoms with E-state index in [0.717, 1.165) is 24.0 Å². The molecule has 0 bridgehead atoms. The van der Waals surface area contributed by atoms with E-state index >= 15 is 0 Å². The van der Waals surface area contributed by atoms with Crippen molar-refractivity contribution in [1.82, 2.24) is 25.2 Å². The van der Waals surface area contributed by atoms with Crippen LogP contribution in [-0.2, 0) is 19.4 Å². The van der Waals surface area contributed by atoms with Crippen molar-refractivity contribution in [3.8, 4) is 11.4 Å². The molecule has 152 valence electrons. The molecule has 0 saturated heterocycles. The summed E-state index contributed by atoms with van der Waals surface area (Å²) in [6.07, 6.45) is 5.62. The van der Waals surface area contributed by atoms with Crippen molar-refractivity contribution in [2.24, 2.45) is 0 Å². The van der Waals surface area contributed by atoms with E-state index in [1.54, 1.807) is 24.7 Å². The largest absolute Gasteiger partial charge is 0.389 e. The van der Waals surface area contributed by atoms with Crippen LogP contribution < -0.4 is 5.32 Å². The van der Waals surface area contributed by atoms with Crippen molar-refractivity contribution in [3.05, 3.63) is 53.2 Å². The van der Waals surface area contributed by atoms with Gasteiger partial charge in [0, 0.05) is 18.2 Å². The molecule has 3 aromatic rings. The van der Waals surface area contributed by atoms with Gasteiger partial charge in [0.05, 0.1) is 29.9 Å². The molecule has 29 heavy (non-hydrogen) atoms. The first-order valence-corrected chi connectivity index (χ1v) is 9.84. The van der Waals surface area contributed by atoms with Crippen LogP contribution in [0.15, 0.2) is 35.1 Å². The van der Waals surface area contributed by atoms with Crippen LogP contribution in [0.1, 0.15) is 60.6 Å². The Kier molecular flexibility index (Phi) is 4.96. The fourth-order valence-corrected chi connectivity index (χ4v) is 3.63. The van der Waals surface area contributed by atoms with Crippen LogP contribution in [-0.4, -0.2) is 36.5 Å². The molecule has 1 amide bonds. The summed E-state index contributed by atoms with van der Waals surface area (Å²) < 4.78 is 6.78. The number of fused-ring (bicyclic) bond motifs is 1. The summed E-state index contributed by atoms with van der Waals surface area (Å²) >= 11 is 0. The SMILES string of the molecule is CCc1nc(-c2ccc3c(c2)CCC3NC(=O)c2cnn(CC(C)(C)O)c2)no1. The number of carbonyl (C=O) groups is 1.